The van der Waals surface area contributed by atoms with E-state index in [9.17, 15) is 23.2 Å². The van der Waals surface area contributed by atoms with E-state index in [-0.39, 0.29) is 36.0 Å². The van der Waals surface area contributed by atoms with Gasteiger partial charge in [-0.3, -0.25) is 14.4 Å². The minimum atomic E-state index is -0.846. The molecule has 0 aromatic heterocycles. The standard InChI is InChI=1S/C17H18F2N2O3/c18-13-3-5-20(6-4-13)16(23)12-8-21(9-12)17(24)14-7-11(10-22)1-2-15(14)19/h1-2,7,10,12-13H,3-6,8-9H2. The smallest absolute Gasteiger partial charge is 0.256 e. The fourth-order valence-electron chi connectivity index (χ4n) is 3.08. The van der Waals surface area contributed by atoms with Crippen molar-refractivity contribution < 1.29 is 23.2 Å². The van der Waals surface area contributed by atoms with Crippen molar-refractivity contribution in [1.29, 1.82) is 0 Å². The van der Waals surface area contributed by atoms with E-state index in [0.29, 0.717) is 32.2 Å². The Morgan fingerprint density at radius 1 is 1.12 bits per heavy atom. The molecule has 0 aliphatic carbocycles. The predicted octanol–water partition coefficient (Wildman–Crippen LogP) is 1.67. The molecule has 2 aliphatic heterocycles. The molecule has 3 rings (SSSR count). The maximum absolute atomic E-state index is 13.8. The SMILES string of the molecule is O=Cc1ccc(F)c(C(=O)N2CC(C(=O)N3CCC(F)CC3)C2)c1. The lowest BCUT2D eigenvalue weighted by atomic mass is 9.95. The molecule has 0 N–H and O–H groups in total. The zero-order valence-corrected chi connectivity index (χ0v) is 13.1. The molecule has 2 fully saturated rings. The van der Waals surface area contributed by atoms with Crippen LogP contribution in [0.5, 0.6) is 0 Å². The Morgan fingerprint density at radius 3 is 2.42 bits per heavy atom. The third-order valence-corrected chi connectivity index (χ3v) is 4.61. The normalized spacial score (nSPS) is 19.1. The number of amides is 2. The van der Waals surface area contributed by atoms with Crippen molar-refractivity contribution in [3.63, 3.8) is 0 Å². The lowest BCUT2D eigenvalue weighted by Crippen LogP contribution is -2.57. The number of alkyl halides is 1. The van der Waals surface area contributed by atoms with E-state index in [1.807, 2.05) is 0 Å². The third-order valence-electron chi connectivity index (χ3n) is 4.61. The van der Waals surface area contributed by atoms with Gasteiger partial charge in [0.05, 0.1) is 11.5 Å². The van der Waals surface area contributed by atoms with Crippen molar-refractivity contribution in [3.05, 3.63) is 35.1 Å². The van der Waals surface area contributed by atoms with Crippen molar-refractivity contribution >= 4 is 18.1 Å². The number of carbonyl (C=O) groups excluding carboxylic acids is 3. The fourth-order valence-corrected chi connectivity index (χ4v) is 3.08. The van der Waals surface area contributed by atoms with Gasteiger partial charge in [-0.25, -0.2) is 8.78 Å². The summed E-state index contributed by atoms with van der Waals surface area (Å²) in [5.74, 6) is -1.61. The molecular weight excluding hydrogens is 318 g/mol. The average molecular weight is 336 g/mol. The zero-order chi connectivity index (χ0) is 17.3. The van der Waals surface area contributed by atoms with Gasteiger partial charge in [0.2, 0.25) is 5.91 Å². The van der Waals surface area contributed by atoms with Crippen molar-refractivity contribution in [2.24, 2.45) is 5.92 Å². The number of piperidine rings is 1. The molecule has 2 heterocycles. The molecule has 0 atom stereocenters. The highest BCUT2D eigenvalue weighted by Crippen LogP contribution is 2.24. The van der Waals surface area contributed by atoms with Crippen LogP contribution in [0.3, 0.4) is 0 Å². The van der Waals surface area contributed by atoms with Gasteiger partial charge in [-0.1, -0.05) is 0 Å². The molecule has 0 unspecified atom stereocenters. The molecule has 7 heteroatoms. The van der Waals surface area contributed by atoms with Crippen LogP contribution in [0.4, 0.5) is 8.78 Å². The summed E-state index contributed by atoms with van der Waals surface area (Å²) in [6, 6.07) is 3.60. The summed E-state index contributed by atoms with van der Waals surface area (Å²) in [5, 5.41) is 0. The van der Waals surface area contributed by atoms with Crippen LogP contribution >= 0.6 is 0 Å². The van der Waals surface area contributed by atoms with Crippen molar-refractivity contribution in [2.45, 2.75) is 19.0 Å². The van der Waals surface area contributed by atoms with Crippen LogP contribution in [-0.4, -0.2) is 60.3 Å². The first-order valence-corrected chi connectivity index (χ1v) is 7.96. The Morgan fingerprint density at radius 2 is 1.79 bits per heavy atom. The third kappa shape index (κ3) is 3.16. The largest absolute Gasteiger partial charge is 0.342 e. The van der Waals surface area contributed by atoms with Crippen LogP contribution in [0, 0.1) is 11.7 Å². The molecule has 1 aromatic carbocycles. The number of likely N-dealkylation sites (tertiary alicyclic amines) is 2. The second kappa shape index (κ2) is 6.67. The van der Waals surface area contributed by atoms with Gasteiger partial charge in [0.1, 0.15) is 18.3 Å². The average Bonchev–Trinajstić information content (AvgIpc) is 2.54. The van der Waals surface area contributed by atoms with Crippen LogP contribution in [0.2, 0.25) is 0 Å². The summed E-state index contributed by atoms with van der Waals surface area (Å²) in [7, 11) is 0. The second-order valence-electron chi connectivity index (χ2n) is 6.26. The Bertz CT molecular complexity index is 666. The predicted molar refractivity (Wildman–Crippen MR) is 81.9 cm³/mol. The van der Waals surface area contributed by atoms with Gasteiger partial charge in [0.15, 0.2) is 0 Å². The van der Waals surface area contributed by atoms with Gasteiger partial charge in [0, 0.05) is 31.7 Å². The molecular formula is C17H18F2N2O3. The van der Waals surface area contributed by atoms with Crippen LogP contribution < -0.4 is 0 Å². The fraction of sp³-hybridized carbons (Fsp3) is 0.471. The van der Waals surface area contributed by atoms with Gasteiger partial charge in [-0.05, 0) is 31.0 Å². The van der Waals surface area contributed by atoms with E-state index < -0.39 is 17.9 Å². The molecule has 5 nitrogen and oxygen atoms in total. The van der Waals surface area contributed by atoms with Gasteiger partial charge in [-0.15, -0.1) is 0 Å². The number of benzene rings is 1. The Kier molecular flexibility index (Phi) is 4.59. The Balaban J connectivity index is 1.59. The number of rotatable bonds is 3. The topological polar surface area (TPSA) is 57.7 Å². The first-order valence-electron chi connectivity index (χ1n) is 7.96. The van der Waals surface area contributed by atoms with Gasteiger partial charge in [-0.2, -0.15) is 0 Å². The summed E-state index contributed by atoms with van der Waals surface area (Å²) in [6.45, 7) is 1.25. The van der Waals surface area contributed by atoms with Crippen LogP contribution in [0.15, 0.2) is 18.2 Å². The molecule has 1 aromatic rings. The summed E-state index contributed by atoms with van der Waals surface area (Å²) < 4.78 is 26.9. The van der Waals surface area contributed by atoms with E-state index in [2.05, 4.69) is 0 Å². The van der Waals surface area contributed by atoms with E-state index >= 15 is 0 Å². The highest BCUT2D eigenvalue weighted by molar-refractivity contribution is 5.97. The minimum Gasteiger partial charge on any atom is -0.342 e. The Labute approximate surface area is 138 Å². The second-order valence-corrected chi connectivity index (χ2v) is 6.26. The number of hydrogen-bond donors (Lipinski definition) is 0. The van der Waals surface area contributed by atoms with Crippen LogP contribution in [-0.2, 0) is 4.79 Å². The minimum absolute atomic E-state index is 0.0759. The number of carbonyl (C=O) groups is 3. The van der Waals surface area contributed by atoms with E-state index in [1.165, 1.54) is 17.0 Å². The molecule has 0 radical (unpaired) electrons. The quantitative estimate of drug-likeness (QED) is 0.789. The van der Waals surface area contributed by atoms with Crippen molar-refractivity contribution in [3.8, 4) is 0 Å². The van der Waals surface area contributed by atoms with Crippen molar-refractivity contribution in [1.82, 2.24) is 9.80 Å². The van der Waals surface area contributed by atoms with Gasteiger partial charge >= 0.3 is 0 Å². The summed E-state index contributed by atoms with van der Waals surface area (Å²) in [4.78, 5) is 38.4. The number of hydrogen-bond acceptors (Lipinski definition) is 3. The molecule has 2 aliphatic rings. The molecule has 128 valence electrons. The van der Waals surface area contributed by atoms with Crippen LogP contribution in [0.25, 0.3) is 0 Å². The van der Waals surface area contributed by atoms with Crippen LogP contribution in [0.1, 0.15) is 33.6 Å². The summed E-state index contributed by atoms with van der Waals surface area (Å²) in [6.07, 6.45) is 0.407. The van der Waals surface area contributed by atoms with Gasteiger partial charge < -0.3 is 9.80 Å². The maximum atomic E-state index is 13.8. The van der Waals surface area contributed by atoms with E-state index in [1.54, 1.807) is 4.90 Å². The number of nitrogens with zero attached hydrogens (tertiary/aromatic N) is 2. The molecule has 0 saturated carbocycles. The first kappa shape index (κ1) is 16.5. The molecule has 2 saturated heterocycles. The van der Waals surface area contributed by atoms with Gasteiger partial charge in [0.25, 0.3) is 5.91 Å². The summed E-state index contributed by atoms with van der Waals surface area (Å²) in [5.41, 5.74) is 0.0609. The van der Waals surface area contributed by atoms with Crippen molar-refractivity contribution in [2.75, 3.05) is 26.2 Å². The Hall–Kier alpha value is -2.31. The number of halogens is 2. The zero-order valence-electron chi connectivity index (χ0n) is 13.1. The lowest BCUT2D eigenvalue weighted by molar-refractivity contribution is -0.141. The van der Waals surface area contributed by atoms with E-state index in [0.717, 1.165) is 6.07 Å². The maximum Gasteiger partial charge on any atom is 0.256 e. The number of aldehydes is 1. The molecule has 0 bridgehead atoms. The molecule has 0 spiro atoms. The summed E-state index contributed by atoms with van der Waals surface area (Å²) >= 11 is 0. The van der Waals surface area contributed by atoms with E-state index in [4.69, 9.17) is 0 Å². The molecule has 24 heavy (non-hydrogen) atoms. The highest BCUT2D eigenvalue weighted by Gasteiger charge is 2.39. The lowest BCUT2D eigenvalue weighted by Gasteiger charge is -2.41. The molecule has 2 amide bonds. The first-order chi connectivity index (χ1) is 11.5. The monoisotopic (exact) mass is 336 g/mol. The highest BCUT2D eigenvalue weighted by atomic mass is 19.1.